The first-order valence-corrected chi connectivity index (χ1v) is 8.09. The maximum absolute atomic E-state index is 8.60. The summed E-state index contributed by atoms with van der Waals surface area (Å²) in [4.78, 5) is 0. The molecule has 0 fully saturated rings. The molecule has 0 spiro atoms. The molecule has 0 bridgehead atoms. The van der Waals surface area contributed by atoms with Gasteiger partial charge in [-0.2, -0.15) is 0 Å². The van der Waals surface area contributed by atoms with E-state index in [-0.39, 0.29) is 6.61 Å². The largest absolute Gasteiger partial charge is 0.395 e. The summed E-state index contributed by atoms with van der Waals surface area (Å²) < 4.78 is 0. The second-order valence-corrected chi connectivity index (χ2v) is 5.84. The van der Waals surface area contributed by atoms with Gasteiger partial charge in [-0.15, -0.1) is 0 Å². The van der Waals surface area contributed by atoms with Crippen molar-refractivity contribution in [2.45, 2.75) is 78.1 Å². The number of nitrogens with one attached hydrogen (secondary N) is 1. The van der Waals surface area contributed by atoms with Crippen LogP contribution in [0, 0.1) is 5.92 Å². The van der Waals surface area contributed by atoms with Gasteiger partial charge in [0, 0.05) is 6.54 Å². The molecule has 0 aromatic carbocycles. The SMILES string of the molecule is CC(C)CCCCCCCCCCCNCCO. The molecular formula is C16H35NO. The summed E-state index contributed by atoms with van der Waals surface area (Å²) in [7, 11) is 0. The Morgan fingerprint density at radius 1 is 0.722 bits per heavy atom. The number of unbranched alkanes of at least 4 members (excludes halogenated alkanes) is 8. The van der Waals surface area contributed by atoms with Crippen molar-refractivity contribution in [2.24, 2.45) is 5.92 Å². The second kappa shape index (κ2) is 15.0. The Morgan fingerprint density at radius 2 is 1.22 bits per heavy atom. The predicted molar refractivity (Wildman–Crippen MR) is 81.0 cm³/mol. The van der Waals surface area contributed by atoms with Crippen molar-refractivity contribution in [1.82, 2.24) is 5.32 Å². The molecule has 0 saturated heterocycles. The van der Waals surface area contributed by atoms with E-state index in [1.165, 1.54) is 64.2 Å². The molecule has 0 saturated carbocycles. The van der Waals surface area contributed by atoms with Gasteiger partial charge in [-0.05, 0) is 18.9 Å². The van der Waals surface area contributed by atoms with Gasteiger partial charge in [0.1, 0.15) is 0 Å². The number of hydrogen-bond donors (Lipinski definition) is 2. The van der Waals surface area contributed by atoms with E-state index in [9.17, 15) is 0 Å². The van der Waals surface area contributed by atoms with Crippen molar-refractivity contribution in [3.05, 3.63) is 0 Å². The highest BCUT2D eigenvalue weighted by atomic mass is 16.3. The zero-order chi connectivity index (χ0) is 13.5. The van der Waals surface area contributed by atoms with Crippen molar-refractivity contribution >= 4 is 0 Å². The number of hydrogen-bond acceptors (Lipinski definition) is 2. The molecule has 0 aromatic heterocycles. The summed E-state index contributed by atoms with van der Waals surface area (Å²) in [5.74, 6) is 0.879. The minimum Gasteiger partial charge on any atom is -0.395 e. The molecule has 0 aromatic rings. The van der Waals surface area contributed by atoms with Crippen LogP contribution in [-0.4, -0.2) is 24.8 Å². The summed E-state index contributed by atoms with van der Waals surface area (Å²) in [6.07, 6.45) is 13.9. The molecule has 0 aliphatic rings. The van der Waals surface area contributed by atoms with Gasteiger partial charge in [0.25, 0.3) is 0 Å². The topological polar surface area (TPSA) is 32.3 Å². The van der Waals surface area contributed by atoms with Crippen LogP contribution in [0.1, 0.15) is 78.1 Å². The number of rotatable bonds is 14. The van der Waals surface area contributed by atoms with Crippen molar-refractivity contribution in [2.75, 3.05) is 19.7 Å². The fourth-order valence-corrected chi connectivity index (χ4v) is 2.24. The molecule has 0 aliphatic heterocycles. The first-order chi connectivity index (χ1) is 8.77. The molecule has 0 amide bonds. The lowest BCUT2D eigenvalue weighted by Crippen LogP contribution is -2.19. The van der Waals surface area contributed by atoms with Gasteiger partial charge in [0.15, 0.2) is 0 Å². The Kier molecular flexibility index (Phi) is 14.9. The number of aliphatic hydroxyl groups excluding tert-OH is 1. The average molecular weight is 257 g/mol. The Labute approximate surface area is 115 Å². The Hall–Kier alpha value is -0.0800. The van der Waals surface area contributed by atoms with Gasteiger partial charge in [-0.3, -0.25) is 0 Å². The molecule has 0 rings (SSSR count). The summed E-state index contributed by atoms with van der Waals surface area (Å²) in [5, 5.41) is 11.8. The molecule has 0 unspecified atom stereocenters. The van der Waals surface area contributed by atoms with Crippen molar-refractivity contribution in [1.29, 1.82) is 0 Å². The highest BCUT2D eigenvalue weighted by Gasteiger charge is 1.95. The molecule has 18 heavy (non-hydrogen) atoms. The maximum Gasteiger partial charge on any atom is 0.0555 e. The Balaban J connectivity index is 2.90. The minimum atomic E-state index is 0.261. The molecular weight excluding hydrogens is 222 g/mol. The van der Waals surface area contributed by atoms with E-state index < -0.39 is 0 Å². The highest BCUT2D eigenvalue weighted by Crippen LogP contribution is 2.12. The highest BCUT2D eigenvalue weighted by molar-refractivity contribution is 4.51. The molecule has 0 radical (unpaired) electrons. The van der Waals surface area contributed by atoms with Crippen LogP contribution in [0.3, 0.4) is 0 Å². The third-order valence-electron chi connectivity index (χ3n) is 3.42. The van der Waals surface area contributed by atoms with E-state index in [2.05, 4.69) is 19.2 Å². The minimum absolute atomic E-state index is 0.261. The smallest absolute Gasteiger partial charge is 0.0555 e. The summed E-state index contributed by atoms with van der Waals surface area (Å²) in [6, 6.07) is 0. The Bertz CT molecular complexity index is 148. The molecule has 2 N–H and O–H groups in total. The maximum atomic E-state index is 8.60. The molecule has 110 valence electrons. The summed E-state index contributed by atoms with van der Waals surface area (Å²) >= 11 is 0. The number of aliphatic hydroxyl groups is 1. The van der Waals surface area contributed by atoms with Gasteiger partial charge < -0.3 is 10.4 Å². The zero-order valence-electron chi connectivity index (χ0n) is 12.7. The van der Waals surface area contributed by atoms with E-state index in [4.69, 9.17) is 5.11 Å². The second-order valence-electron chi connectivity index (χ2n) is 5.84. The van der Waals surface area contributed by atoms with E-state index in [1.54, 1.807) is 0 Å². The van der Waals surface area contributed by atoms with Gasteiger partial charge in [0.2, 0.25) is 0 Å². The standard InChI is InChI=1S/C16H35NO/c1-16(2)12-10-8-6-4-3-5-7-9-11-13-17-14-15-18/h16-18H,3-15H2,1-2H3. The molecule has 0 aliphatic carbocycles. The first kappa shape index (κ1) is 17.9. The third-order valence-corrected chi connectivity index (χ3v) is 3.42. The monoisotopic (exact) mass is 257 g/mol. The van der Waals surface area contributed by atoms with Crippen LogP contribution < -0.4 is 5.32 Å². The molecule has 2 heteroatoms. The van der Waals surface area contributed by atoms with E-state index >= 15 is 0 Å². The van der Waals surface area contributed by atoms with Gasteiger partial charge >= 0.3 is 0 Å². The zero-order valence-corrected chi connectivity index (χ0v) is 12.7. The summed E-state index contributed by atoms with van der Waals surface area (Å²) in [6.45, 7) is 6.70. The van der Waals surface area contributed by atoms with Crippen LogP contribution in [-0.2, 0) is 0 Å². The van der Waals surface area contributed by atoms with Crippen LogP contribution in [0.4, 0.5) is 0 Å². The summed E-state index contributed by atoms with van der Waals surface area (Å²) in [5.41, 5.74) is 0. The predicted octanol–water partition coefficient (Wildman–Crippen LogP) is 4.13. The van der Waals surface area contributed by atoms with Crippen LogP contribution in [0.15, 0.2) is 0 Å². The average Bonchev–Trinajstić information content (AvgIpc) is 2.34. The van der Waals surface area contributed by atoms with Crippen LogP contribution >= 0.6 is 0 Å². The fraction of sp³-hybridized carbons (Fsp3) is 1.00. The lowest BCUT2D eigenvalue weighted by Gasteiger charge is -2.05. The van der Waals surface area contributed by atoms with Crippen LogP contribution in [0.5, 0.6) is 0 Å². The van der Waals surface area contributed by atoms with Gasteiger partial charge in [-0.25, -0.2) is 0 Å². The van der Waals surface area contributed by atoms with E-state index in [1.807, 2.05) is 0 Å². The van der Waals surface area contributed by atoms with E-state index in [0.717, 1.165) is 19.0 Å². The Morgan fingerprint density at radius 3 is 1.72 bits per heavy atom. The van der Waals surface area contributed by atoms with Crippen molar-refractivity contribution in [3.8, 4) is 0 Å². The molecule has 2 nitrogen and oxygen atoms in total. The lowest BCUT2D eigenvalue weighted by atomic mass is 10.0. The normalized spacial score (nSPS) is 11.3. The van der Waals surface area contributed by atoms with Crippen LogP contribution in [0.2, 0.25) is 0 Å². The third kappa shape index (κ3) is 15.9. The molecule has 0 heterocycles. The first-order valence-electron chi connectivity index (χ1n) is 8.09. The fourth-order valence-electron chi connectivity index (χ4n) is 2.24. The van der Waals surface area contributed by atoms with Crippen LogP contribution in [0.25, 0.3) is 0 Å². The van der Waals surface area contributed by atoms with Gasteiger partial charge in [0.05, 0.1) is 6.61 Å². The van der Waals surface area contributed by atoms with E-state index in [0.29, 0.717) is 0 Å². The lowest BCUT2D eigenvalue weighted by molar-refractivity contribution is 0.292. The quantitative estimate of drug-likeness (QED) is 0.459. The molecule has 0 atom stereocenters. The van der Waals surface area contributed by atoms with Gasteiger partial charge in [-0.1, -0.05) is 71.6 Å². The van der Waals surface area contributed by atoms with Crippen molar-refractivity contribution < 1.29 is 5.11 Å². The van der Waals surface area contributed by atoms with Crippen molar-refractivity contribution in [3.63, 3.8) is 0 Å².